The molecule has 0 radical (unpaired) electrons. The average molecular weight is 202 g/mol. The number of carbonyl (C=O) groups is 1. The third-order valence-corrected chi connectivity index (χ3v) is 2.56. The summed E-state index contributed by atoms with van der Waals surface area (Å²) in [5.74, 6) is 0.105. The number of hydrogen-bond acceptors (Lipinski definition) is 2. The summed E-state index contributed by atoms with van der Waals surface area (Å²) in [5, 5.41) is 0. The van der Waals surface area contributed by atoms with Crippen LogP contribution in [0.1, 0.15) is 21.5 Å². The van der Waals surface area contributed by atoms with E-state index >= 15 is 0 Å². The Balaban J connectivity index is 2.35. The zero-order valence-corrected chi connectivity index (χ0v) is 8.73. The number of nitrogens with zero attached hydrogens (tertiary/aromatic N) is 1. The highest BCUT2D eigenvalue weighted by Crippen LogP contribution is 2.22. The van der Waals surface area contributed by atoms with Crippen LogP contribution in [0.25, 0.3) is 6.08 Å². The number of amides is 1. The second-order valence-electron chi connectivity index (χ2n) is 3.72. The Labute approximate surface area is 89.2 Å². The second kappa shape index (κ2) is 3.87. The van der Waals surface area contributed by atoms with Crippen LogP contribution in [0.15, 0.2) is 24.3 Å². The molecule has 0 saturated heterocycles. The van der Waals surface area contributed by atoms with Gasteiger partial charge in [0.05, 0.1) is 0 Å². The molecule has 0 bridgehead atoms. The summed E-state index contributed by atoms with van der Waals surface area (Å²) in [6, 6.07) is 5.94. The van der Waals surface area contributed by atoms with Gasteiger partial charge in [-0.25, -0.2) is 0 Å². The van der Waals surface area contributed by atoms with Crippen molar-refractivity contribution in [1.29, 1.82) is 0 Å². The fraction of sp³-hybridized carbons (Fsp3) is 0.250. The van der Waals surface area contributed by atoms with E-state index in [-0.39, 0.29) is 5.91 Å². The van der Waals surface area contributed by atoms with Gasteiger partial charge in [0.1, 0.15) is 0 Å². The number of hydrogen-bond donors (Lipinski definition) is 1. The SMILES string of the molecule is CN1Cc2ccc(/C=C/CN)cc2C1=O. The molecule has 0 unspecified atom stereocenters. The molecule has 0 fully saturated rings. The Bertz CT molecular complexity index is 424. The second-order valence-corrected chi connectivity index (χ2v) is 3.72. The smallest absolute Gasteiger partial charge is 0.254 e. The Morgan fingerprint density at radius 3 is 3.07 bits per heavy atom. The summed E-state index contributed by atoms with van der Waals surface area (Å²) in [5.41, 5.74) is 8.33. The van der Waals surface area contributed by atoms with Gasteiger partial charge in [0.25, 0.3) is 5.91 Å². The molecule has 3 nitrogen and oxygen atoms in total. The van der Waals surface area contributed by atoms with E-state index in [0.717, 1.165) is 23.2 Å². The van der Waals surface area contributed by atoms with Gasteiger partial charge in [-0.1, -0.05) is 24.3 Å². The Kier molecular flexibility index (Phi) is 2.56. The molecule has 2 rings (SSSR count). The molecule has 0 spiro atoms. The first kappa shape index (κ1) is 9.93. The van der Waals surface area contributed by atoms with Crippen molar-refractivity contribution in [2.24, 2.45) is 5.73 Å². The molecule has 1 aliphatic rings. The lowest BCUT2D eigenvalue weighted by molar-refractivity contribution is 0.0816. The largest absolute Gasteiger partial charge is 0.337 e. The van der Waals surface area contributed by atoms with Crippen LogP contribution in [-0.2, 0) is 6.54 Å². The fourth-order valence-corrected chi connectivity index (χ4v) is 1.77. The lowest BCUT2D eigenvalue weighted by Crippen LogP contribution is -2.17. The summed E-state index contributed by atoms with van der Waals surface area (Å²) in [4.78, 5) is 13.4. The number of benzene rings is 1. The zero-order chi connectivity index (χ0) is 10.8. The lowest BCUT2D eigenvalue weighted by atomic mass is 10.1. The van der Waals surface area contributed by atoms with Crippen molar-refractivity contribution in [3.05, 3.63) is 41.0 Å². The molecule has 78 valence electrons. The third-order valence-electron chi connectivity index (χ3n) is 2.56. The molecule has 0 saturated carbocycles. The third kappa shape index (κ3) is 1.78. The first-order chi connectivity index (χ1) is 7.22. The molecular formula is C12H14N2O. The molecular weight excluding hydrogens is 188 g/mol. The van der Waals surface area contributed by atoms with Crippen molar-refractivity contribution < 1.29 is 4.79 Å². The maximum atomic E-state index is 11.7. The lowest BCUT2D eigenvalue weighted by Gasteiger charge is -2.04. The highest BCUT2D eigenvalue weighted by Gasteiger charge is 2.23. The van der Waals surface area contributed by atoms with E-state index in [0.29, 0.717) is 6.54 Å². The topological polar surface area (TPSA) is 46.3 Å². The van der Waals surface area contributed by atoms with Gasteiger partial charge in [0.15, 0.2) is 0 Å². The minimum atomic E-state index is 0.105. The predicted octanol–water partition coefficient (Wildman–Crippen LogP) is 1.24. The summed E-state index contributed by atoms with van der Waals surface area (Å²) < 4.78 is 0. The van der Waals surface area contributed by atoms with Crippen LogP contribution in [0.5, 0.6) is 0 Å². The van der Waals surface area contributed by atoms with Crippen LogP contribution in [0.2, 0.25) is 0 Å². The van der Waals surface area contributed by atoms with Crippen molar-refractivity contribution >= 4 is 12.0 Å². The van der Waals surface area contributed by atoms with Crippen molar-refractivity contribution in [2.45, 2.75) is 6.54 Å². The quantitative estimate of drug-likeness (QED) is 0.784. The maximum Gasteiger partial charge on any atom is 0.254 e. The van der Waals surface area contributed by atoms with E-state index in [1.807, 2.05) is 37.4 Å². The van der Waals surface area contributed by atoms with Crippen LogP contribution in [0.4, 0.5) is 0 Å². The summed E-state index contributed by atoms with van der Waals surface area (Å²) in [6.45, 7) is 1.24. The molecule has 3 heteroatoms. The maximum absolute atomic E-state index is 11.7. The first-order valence-corrected chi connectivity index (χ1v) is 4.97. The van der Waals surface area contributed by atoms with Crippen LogP contribution in [-0.4, -0.2) is 24.4 Å². The van der Waals surface area contributed by atoms with Gasteiger partial charge < -0.3 is 10.6 Å². The number of rotatable bonds is 2. The monoisotopic (exact) mass is 202 g/mol. The zero-order valence-electron chi connectivity index (χ0n) is 8.73. The van der Waals surface area contributed by atoms with Crippen molar-refractivity contribution in [2.75, 3.05) is 13.6 Å². The minimum absolute atomic E-state index is 0.105. The minimum Gasteiger partial charge on any atom is -0.337 e. The van der Waals surface area contributed by atoms with Gasteiger partial charge in [0.2, 0.25) is 0 Å². The van der Waals surface area contributed by atoms with E-state index in [1.54, 1.807) is 4.90 Å². The van der Waals surface area contributed by atoms with Gasteiger partial charge in [-0.15, -0.1) is 0 Å². The first-order valence-electron chi connectivity index (χ1n) is 4.97. The van der Waals surface area contributed by atoms with Crippen molar-refractivity contribution in [1.82, 2.24) is 4.90 Å². The van der Waals surface area contributed by atoms with Gasteiger partial charge in [-0.05, 0) is 17.2 Å². The highest BCUT2D eigenvalue weighted by atomic mass is 16.2. The molecule has 1 heterocycles. The molecule has 0 aliphatic carbocycles. The molecule has 1 aromatic carbocycles. The van der Waals surface area contributed by atoms with Crippen LogP contribution in [0.3, 0.4) is 0 Å². The number of nitrogens with two attached hydrogens (primary N) is 1. The molecule has 1 aromatic rings. The Morgan fingerprint density at radius 1 is 1.53 bits per heavy atom. The predicted molar refractivity (Wildman–Crippen MR) is 60.3 cm³/mol. The van der Waals surface area contributed by atoms with E-state index in [1.165, 1.54) is 0 Å². The number of fused-ring (bicyclic) bond motifs is 1. The molecule has 1 amide bonds. The molecule has 15 heavy (non-hydrogen) atoms. The van der Waals surface area contributed by atoms with Crippen molar-refractivity contribution in [3.8, 4) is 0 Å². The van der Waals surface area contributed by atoms with Crippen LogP contribution < -0.4 is 5.73 Å². The highest BCUT2D eigenvalue weighted by molar-refractivity contribution is 5.98. The van der Waals surface area contributed by atoms with Gasteiger partial charge >= 0.3 is 0 Å². The van der Waals surface area contributed by atoms with Crippen LogP contribution >= 0.6 is 0 Å². The molecule has 0 atom stereocenters. The van der Waals surface area contributed by atoms with Gasteiger partial charge in [-0.3, -0.25) is 4.79 Å². The van der Waals surface area contributed by atoms with E-state index < -0.39 is 0 Å². The van der Waals surface area contributed by atoms with Crippen molar-refractivity contribution in [3.63, 3.8) is 0 Å². The summed E-state index contributed by atoms with van der Waals surface area (Å²) in [6.07, 6.45) is 3.82. The van der Waals surface area contributed by atoms with E-state index in [2.05, 4.69) is 0 Å². The van der Waals surface area contributed by atoms with Gasteiger partial charge in [-0.2, -0.15) is 0 Å². The molecule has 2 N–H and O–H groups in total. The summed E-state index contributed by atoms with van der Waals surface area (Å²) in [7, 11) is 1.82. The van der Waals surface area contributed by atoms with E-state index in [9.17, 15) is 4.79 Å². The standard InChI is InChI=1S/C12H14N2O/c1-14-8-10-5-4-9(3-2-6-13)7-11(10)12(14)15/h2-5,7H,6,8,13H2,1H3/b3-2+. The average Bonchev–Trinajstić information content (AvgIpc) is 2.52. The Morgan fingerprint density at radius 2 is 2.33 bits per heavy atom. The normalized spacial score (nSPS) is 15.1. The fourth-order valence-electron chi connectivity index (χ4n) is 1.77. The molecule has 0 aromatic heterocycles. The molecule has 1 aliphatic heterocycles. The van der Waals surface area contributed by atoms with Crippen LogP contribution in [0, 0.1) is 0 Å². The Hall–Kier alpha value is -1.61. The summed E-state index contributed by atoms with van der Waals surface area (Å²) >= 11 is 0. The van der Waals surface area contributed by atoms with E-state index in [4.69, 9.17) is 5.73 Å². The number of carbonyl (C=O) groups excluding carboxylic acids is 1. The van der Waals surface area contributed by atoms with Gasteiger partial charge in [0, 0.05) is 25.7 Å².